The number of carbonyl (C=O) groups is 1. The van der Waals surface area contributed by atoms with Crippen LogP contribution in [0.4, 0.5) is 8.78 Å². The predicted octanol–water partition coefficient (Wildman–Crippen LogP) is 4.10. The van der Waals surface area contributed by atoms with Crippen LogP contribution in [0.15, 0.2) is 36.7 Å². The molecule has 1 aromatic carbocycles. The maximum atomic E-state index is 12.9. The van der Waals surface area contributed by atoms with Crippen LogP contribution in [0.25, 0.3) is 0 Å². The molecule has 4 nitrogen and oxygen atoms in total. The maximum absolute atomic E-state index is 12.9. The molecule has 0 bridgehead atoms. The summed E-state index contributed by atoms with van der Waals surface area (Å²) in [6, 6.07) is 4.65. The summed E-state index contributed by atoms with van der Waals surface area (Å²) in [5.74, 6) is -0.421. The molecule has 0 spiro atoms. The van der Waals surface area contributed by atoms with E-state index in [9.17, 15) is 13.6 Å². The first-order chi connectivity index (χ1) is 10.6. The zero-order valence-corrected chi connectivity index (χ0v) is 13.9. The Morgan fingerprint density at radius 3 is 2.43 bits per heavy atom. The number of benzene rings is 1. The normalized spacial score (nSPS) is 12.7. The highest BCUT2D eigenvalue weighted by molar-refractivity contribution is 5.78. The number of esters is 1. The van der Waals surface area contributed by atoms with Gasteiger partial charge in [-0.05, 0) is 45.9 Å². The quantitative estimate of drug-likeness (QED) is 0.605. The van der Waals surface area contributed by atoms with Gasteiger partial charge in [-0.3, -0.25) is 0 Å². The van der Waals surface area contributed by atoms with Crippen LogP contribution in [0.1, 0.15) is 51.3 Å². The fraction of sp³-hybridized carbons (Fsp3) is 0.471. The van der Waals surface area contributed by atoms with E-state index < -0.39 is 24.0 Å². The monoisotopic (exact) mass is 327 g/mol. The standard InChI is InChI=1S/C17H23F2NO3/c1-6-22-16(21)14(20-11(2)23-17(3,4)5)12-8-7-9-13(10-12)15(18)19/h7-10,14-15,20H,2,6H2,1,3-5H3. The van der Waals surface area contributed by atoms with E-state index in [0.29, 0.717) is 5.56 Å². The molecule has 6 heteroatoms. The fourth-order valence-electron chi connectivity index (χ4n) is 1.94. The Balaban J connectivity index is 3.03. The van der Waals surface area contributed by atoms with Crippen molar-refractivity contribution in [3.8, 4) is 0 Å². The minimum atomic E-state index is -2.62. The van der Waals surface area contributed by atoms with E-state index in [1.54, 1.807) is 13.0 Å². The molecule has 0 aliphatic heterocycles. The van der Waals surface area contributed by atoms with Crippen molar-refractivity contribution in [1.29, 1.82) is 0 Å². The van der Waals surface area contributed by atoms with Gasteiger partial charge in [-0.15, -0.1) is 0 Å². The SMILES string of the molecule is C=C(NC(C(=O)OCC)c1cccc(C(F)F)c1)OC(C)(C)C. The molecule has 128 valence electrons. The first-order valence-corrected chi connectivity index (χ1v) is 7.33. The predicted molar refractivity (Wildman–Crippen MR) is 83.9 cm³/mol. The van der Waals surface area contributed by atoms with Gasteiger partial charge in [0.1, 0.15) is 5.60 Å². The molecular formula is C17H23F2NO3. The van der Waals surface area contributed by atoms with Crippen molar-refractivity contribution in [1.82, 2.24) is 5.32 Å². The van der Waals surface area contributed by atoms with Crippen molar-refractivity contribution < 1.29 is 23.0 Å². The second kappa shape index (κ2) is 7.94. The molecule has 0 amide bonds. The van der Waals surface area contributed by atoms with Crippen molar-refractivity contribution in [2.24, 2.45) is 0 Å². The summed E-state index contributed by atoms with van der Waals surface area (Å²) in [5, 5.41) is 2.80. The molecule has 0 radical (unpaired) electrons. The number of carbonyl (C=O) groups excluding carboxylic acids is 1. The molecule has 0 saturated heterocycles. The first-order valence-electron chi connectivity index (χ1n) is 7.33. The zero-order valence-electron chi connectivity index (χ0n) is 13.9. The van der Waals surface area contributed by atoms with Crippen LogP contribution in [-0.2, 0) is 14.3 Å². The third-order valence-corrected chi connectivity index (χ3v) is 2.75. The summed E-state index contributed by atoms with van der Waals surface area (Å²) < 4.78 is 36.3. The zero-order chi connectivity index (χ0) is 17.6. The van der Waals surface area contributed by atoms with Crippen LogP contribution < -0.4 is 5.32 Å². The van der Waals surface area contributed by atoms with Gasteiger partial charge in [0.25, 0.3) is 6.43 Å². The minimum absolute atomic E-state index is 0.165. The largest absolute Gasteiger partial charge is 0.474 e. The van der Waals surface area contributed by atoms with Crippen LogP contribution in [0, 0.1) is 0 Å². The Labute approximate surface area is 135 Å². The summed E-state index contributed by atoms with van der Waals surface area (Å²) in [5.41, 5.74) is -0.311. The maximum Gasteiger partial charge on any atom is 0.333 e. The summed E-state index contributed by atoms with van der Waals surface area (Å²) in [7, 11) is 0. The highest BCUT2D eigenvalue weighted by Gasteiger charge is 2.25. The molecule has 0 aliphatic carbocycles. The highest BCUT2D eigenvalue weighted by Crippen LogP contribution is 2.24. The first kappa shape index (κ1) is 18.9. The van der Waals surface area contributed by atoms with E-state index in [4.69, 9.17) is 9.47 Å². The second-order valence-electron chi connectivity index (χ2n) is 5.94. The van der Waals surface area contributed by atoms with Crippen LogP contribution in [0.3, 0.4) is 0 Å². The van der Waals surface area contributed by atoms with Crippen molar-refractivity contribution in [2.45, 2.75) is 45.8 Å². The lowest BCUT2D eigenvalue weighted by atomic mass is 10.0. The van der Waals surface area contributed by atoms with E-state index in [1.165, 1.54) is 18.2 Å². The van der Waals surface area contributed by atoms with Gasteiger partial charge in [0, 0.05) is 5.56 Å². The van der Waals surface area contributed by atoms with Crippen molar-refractivity contribution in [2.75, 3.05) is 6.61 Å². The molecule has 0 fully saturated rings. The van der Waals surface area contributed by atoms with E-state index in [0.717, 1.165) is 0 Å². The Morgan fingerprint density at radius 1 is 1.30 bits per heavy atom. The number of hydrogen-bond donors (Lipinski definition) is 1. The molecule has 1 N–H and O–H groups in total. The summed E-state index contributed by atoms with van der Waals surface area (Å²) in [6.07, 6.45) is -2.62. The van der Waals surface area contributed by atoms with Gasteiger partial charge in [0.15, 0.2) is 11.9 Å². The summed E-state index contributed by atoms with van der Waals surface area (Å²) in [4.78, 5) is 12.2. The van der Waals surface area contributed by atoms with Gasteiger partial charge in [-0.25, -0.2) is 13.6 Å². The van der Waals surface area contributed by atoms with Crippen molar-refractivity contribution in [3.05, 3.63) is 47.9 Å². The molecule has 0 aliphatic rings. The number of hydrogen-bond acceptors (Lipinski definition) is 4. The summed E-state index contributed by atoms with van der Waals surface area (Å²) in [6.45, 7) is 11.1. The number of ether oxygens (including phenoxy) is 2. The fourth-order valence-corrected chi connectivity index (χ4v) is 1.94. The lowest BCUT2D eigenvalue weighted by molar-refractivity contribution is -0.146. The number of rotatable bonds is 7. The third kappa shape index (κ3) is 6.26. The lowest BCUT2D eigenvalue weighted by Gasteiger charge is -2.26. The van der Waals surface area contributed by atoms with E-state index in [-0.39, 0.29) is 18.1 Å². The molecule has 1 aromatic rings. The van der Waals surface area contributed by atoms with Gasteiger partial charge in [0.2, 0.25) is 0 Å². The second-order valence-corrected chi connectivity index (χ2v) is 5.94. The van der Waals surface area contributed by atoms with Gasteiger partial charge < -0.3 is 14.8 Å². The molecule has 23 heavy (non-hydrogen) atoms. The Bertz CT molecular complexity index is 553. The molecule has 0 saturated carbocycles. The van der Waals surface area contributed by atoms with Crippen molar-refractivity contribution in [3.63, 3.8) is 0 Å². The lowest BCUT2D eigenvalue weighted by Crippen LogP contribution is -2.33. The minimum Gasteiger partial charge on any atom is -0.474 e. The Kier molecular flexibility index (Phi) is 6.54. The third-order valence-electron chi connectivity index (χ3n) is 2.75. The van der Waals surface area contributed by atoms with Crippen LogP contribution in [0.5, 0.6) is 0 Å². The smallest absolute Gasteiger partial charge is 0.333 e. The molecule has 1 atom stereocenters. The number of nitrogens with one attached hydrogen (secondary N) is 1. The average molecular weight is 327 g/mol. The van der Waals surface area contributed by atoms with Crippen molar-refractivity contribution >= 4 is 5.97 Å². The topological polar surface area (TPSA) is 47.6 Å². The molecule has 1 unspecified atom stereocenters. The molecular weight excluding hydrogens is 304 g/mol. The highest BCUT2D eigenvalue weighted by atomic mass is 19.3. The number of alkyl halides is 2. The van der Waals surface area contributed by atoms with Gasteiger partial charge in [0.05, 0.1) is 6.61 Å². The van der Waals surface area contributed by atoms with Crippen LogP contribution >= 0.6 is 0 Å². The van der Waals surface area contributed by atoms with Crippen LogP contribution in [-0.4, -0.2) is 18.2 Å². The molecule has 0 aromatic heterocycles. The van der Waals surface area contributed by atoms with E-state index in [1.807, 2.05) is 20.8 Å². The van der Waals surface area contributed by atoms with Gasteiger partial charge in [-0.1, -0.05) is 18.2 Å². The average Bonchev–Trinajstić information content (AvgIpc) is 2.43. The molecule has 0 heterocycles. The van der Waals surface area contributed by atoms with E-state index in [2.05, 4.69) is 11.9 Å². The Morgan fingerprint density at radius 2 is 1.91 bits per heavy atom. The van der Waals surface area contributed by atoms with E-state index >= 15 is 0 Å². The molecule has 1 rings (SSSR count). The number of halogens is 2. The van der Waals surface area contributed by atoms with Gasteiger partial charge in [-0.2, -0.15) is 0 Å². The van der Waals surface area contributed by atoms with Gasteiger partial charge >= 0.3 is 5.97 Å². The Hall–Kier alpha value is -2.11. The van der Waals surface area contributed by atoms with Crippen LogP contribution in [0.2, 0.25) is 0 Å². The summed E-state index contributed by atoms with van der Waals surface area (Å²) >= 11 is 0.